The maximum atomic E-state index is 12.9. The summed E-state index contributed by atoms with van der Waals surface area (Å²) >= 11 is 0. The monoisotopic (exact) mass is 379 g/mol. The highest BCUT2D eigenvalue weighted by Crippen LogP contribution is 2.16. The van der Waals surface area contributed by atoms with Gasteiger partial charge in [-0.25, -0.2) is 9.97 Å². The molecule has 6 nitrogen and oxygen atoms in total. The van der Waals surface area contributed by atoms with Crippen LogP contribution in [0.15, 0.2) is 42.6 Å². The van der Waals surface area contributed by atoms with E-state index in [0.717, 1.165) is 58.7 Å². The second-order valence-corrected chi connectivity index (χ2v) is 7.70. The van der Waals surface area contributed by atoms with Gasteiger partial charge in [-0.2, -0.15) is 0 Å². The Morgan fingerprint density at radius 1 is 0.857 bits per heavy atom. The number of rotatable bonds is 4. The first-order valence-electron chi connectivity index (χ1n) is 10.4. The summed E-state index contributed by atoms with van der Waals surface area (Å²) in [7, 11) is 0. The van der Waals surface area contributed by atoms with Gasteiger partial charge in [0, 0.05) is 52.0 Å². The third-order valence-electron chi connectivity index (χ3n) is 5.66. The van der Waals surface area contributed by atoms with Crippen molar-refractivity contribution in [2.75, 3.05) is 44.2 Å². The lowest BCUT2D eigenvalue weighted by Crippen LogP contribution is -2.46. The van der Waals surface area contributed by atoms with Crippen LogP contribution in [0, 0.1) is 0 Å². The van der Waals surface area contributed by atoms with Gasteiger partial charge < -0.3 is 9.80 Å². The Morgan fingerprint density at radius 3 is 2.29 bits per heavy atom. The minimum absolute atomic E-state index is 0.0493. The molecule has 0 bridgehead atoms. The van der Waals surface area contributed by atoms with Gasteiger partial charge in [0.05, 0.1) is 0 Å². The number of hydrogen-bond donors (Lipinski definition) is 0. The molecule has 0 radical (unpaired) electrons. The molecule has 2 aliphatic heterocycles. The Balaban J connectivity index is 1.36. The summed E-state index contributed by atoms with van der Waals surface area (Å²) in [4.78, 5) is 28.5. The fraction of sp³-hybridized carbons (Fsp3) is 0.500. The SMILES string of the molecule is O=C(c1ccnc(N2CCN(Cc3ccccc3)CC2)n1)N1CCCCCC1. The Bertz CT molecular complexity index is 766. The second-order valence-electron chi connectivity index (χ2n) is 7.70. The number of amides is 1. The summed E-state index contributed by atoms with van der Waals surface area (Å²) in [5.41, 5.74) is 1.87. The molecule has 3 heterocycles. The third-order valence-corrected chi connectivity index (χ3v) is 5.66. The summed E-state index contributed by atoms with van der Waals surface area (Å²) in [5, 5.41) is 0. The number of carbonyl (C=O) groups excluding carboxylic acids is 1. The van der Waals surface area contributed by atoms with Crippen molar-refractivity contribution in [3.8, 4) is 0 Å². The highest BCUT2D eigenvalue weighted by atomic mass is 16.2. The van der Waals surface area contributed by atoms with Gasteiger partial charge in [-0.05, 0) is 24.5 Å². The van der Waals surface area contributed by atoms with Crippen molar-refractivity contribution in [1.82, 2.24) is 19.8 Å². The van der Waals surface area contributed by atoms with E-state index in [2.05, 4.69) is 50.1 Å². The number of anilines is 1. The number of hydrogen-bond acceptors (Lipinski definition) is 5. The van der Waals surface area contributed by atoms with Gasteiger partial charge in [-0.3, -0.25) is 9.69 Å². The molecular weight excluding hydrogens is 350 g/mol. The summed E-state index contributed by atoms with van der Waals surface area (Å²) < 4.78 is 0. The molecule has 4 rings (SSSR count). The summed E-state index contributed by atoms with van der Waals surface area (Å²) in [5.74, 6) is 0.730. The van der Waals surface area contributed by atoms with Crippen LogP contribution in [0.2, 0.25) is 0 Å². The fourth-order valence-corrected chi connectivity index (χ4v) is 4.00. The maximum absolute atomic E-state index is 12.9. The Labute approximate surface area is 167 Å². The van der Waals surface area contributed by atoms with Crippen LogP contribution in [0.5, 0.6) is 0 Å². The fourth-order valence-electron chi connectivity index (χ4n) is 4.00. The van der Waals surface area contributed by atoms with Gasteiger partial charge in [-0.15, -0.1) is 0 Å². The Hall–Kier alpha value is -2.47. The number of likely N-dealkylation sites (tertiary alicyclic amines) is 1. The van der Waals surface area contributed by atoms with E-state index in [9.17, 15) is 4.79 Å². The number of aromatic nitrogens is 2. The highest BCUT2D eigenvalue weighted by molar-refractivity contribution is 5.92. The number of carbonyl (C=O) groups is 1. The van der Waals surface area contributed by atoms with Crippen molar-refractivity contribution < 1.29 is 4.79 Å². The molecule has 28 heavy (non-hydrogen) atoms. The van der Waals surface area contributed by atoms with E-state index in [1.54, 1.807) is 12.3 Å². The zero-order valence-corrected chi connectivity index (χ0v) is 16.5. The predicted molar refractivity (Wildman–Crippen MR) is 110 cm³/mol. The molecule has 0 spiro atoms. The lowest BCUT2D eigenvalue weighted by molar-refractivity contribution is 0.0755. The standard InChI is InChI=1S/C22H29N5O/c28-21(26-12-6-1-2-7-13-26)20-10-11-23-22(24-20)27-16-14-25(15-17-27)18-19-8-4-3-5-9-19/h3-5,8-11H,1-2,6-7,12-18H2. The smallest absolute Gasteiger partial charge is 0.272 e. The van der Waals surface area contributed by atoms with Gasteiger partial charge in [0.15, 0.2) is 0 Å². The van der Waals surface area contributed by atoms with Crippen molar-refractivity contribution in [1.29, 1.82) is 0 Å². The highest BCUT2D eigenvalue weighted by Gasteiger charge is 2.22. The maximum Gasteiger partial charge on any atom is 0.272 e. The van der Waals surface area contributed by atoms with E-state index in [0.29, 0.717) is 11.6 Å². The quantitative estimate of drug-likeness (QED) is 0.818. The molecule has 2 fully saturated rings. The molecule has 1 amide bonds. The van der Waals surface area contributed by atoms with Crippen LogP contribution in [0.4, 0.5) is 5.95 Å². The minimum Gasteiger partial charge on any atom is -0.338 e. The van der Waals surface area contributed by atoms with E-state index in [1.165, 1.54) is 18.4 Å². The van der Waals surface area contributed by atoms with E-state index in [4.69, 9.17) is 0 Å². The number of nitrogens with zero attached hydrogens (tertiary/aromatic N) is 5. The first-order chi connectivity index (χ1) is 13.8. The van der Waals surface area contributed by atoms with E-state index < -0.39 is 0 Å². The van der Waals surface area contributed by atoms with Crippen LogP contribution >= 0.6 is 0 Å². The first kappa shape index (κ1) is 18.9. The summed E-state index contributed by atoms with van der Waals surface area (Å²) in [6.45, 7) is 6.38. The summed E-state index contributed by atoms with van der Waals surface area (Å²) in [6, 6.07) is 12.3. The minimum atomic E-state index is 0.0493. The summed E-state index contributed by atoms with van der Waals surface area (Å²) in [6.07, 6.45) is 6.34. The Morgan fingerprint density at radius 2 is 1.57 bits per heavy atom. The molecule has 6 heteroatoms. The molecule has 2 saturated heterocycles. The molecule has 1 aromatic heterocycles. The average molecular weight is 380 g/mol. The van der Waals surface area contributed by atoms with Crippen LogP contribution in [0.25, 0.3) is 0 Å². The zero-order valence-electron chi connectivity index (χ0n) is 16.5. The third kappa shape index (κ3) is 4.68. The van der Waals surface area contributed by atoms with Crippen LogP contribution in [-0.4, -0.2) is 64.9 Å². The normalized spacial score (nSPS) is 18.7. The molecule has 0 aliphatic carbocycles. The van der Waals surface area contributed by atoms with Crippen LogP contribution < -0.4 is 4.90 Å². The second kappa shape index (κ2) is 9.15. The van der Waals surface area contributed by atoms with Crippen molar-refractivity contribution in [3.63, 3.8) is 0 Å². The molecule has 0 N–H and O–H groups in total. The molecule has 2 aromatic rings. The number of benzene rings is 1. The van der Waals surface area contributed by atoms with Gasteiger partial charge in [0.25, 0.3) is 5.91 Å². The van der Waals surface area contributed by atoms with Crippen molar-refractivity contribution >= 4 is 11.9 Å². The van der Waals surface area contributed by atoms with Crippen molar-refractivity contribution in [2.24, 2.45) is 0 Å². The van der Waals surface area contributed by atoms with Crippen LogP contribution in [-0.2, 0) is 6.54 Å². The average Bonchev–Trinajstić information content (AvgIpc) is 3.04. The molecule has 0 unspecified atom stereocenters. The van der Waals surface area contributed by atoms with Crippen LogP contribution in [0.1, 0.15) is 41.7 Å². The Kier molecular flexibility index (Phi) is 6.17. The van der Waals surface area contributed by atoms with Gasteiger partial charge in [0.2, 0.25) is 5.95 Å². The molecule has 0 atom stereocenters. The zero-order chi connectivity index (χ0) is 19.2. The van der Waals surface area contributed by atoms with Gasteiger partial charge in [-0.1, -0.05) is 43.2 Å². The molecule has 2 aliphatic rings. The van der Waals surface area contributed by atoms with Crippen molar-refractivity contribution in [3.05, 3.63) is 53.9 Å². The topological polar surface area (TPSA) is 52.6 Å². The molecular formula is C22H29N5O. The first-order valence-corrected chi connectivity index (χ1v) is 10.4. The van der Waals surface area contributed by atoms with Crippen molar-refractivity contribution in [2.45, 2.75) is 32.2 Å². The molecule has 1 aromatic carbocycles. The van der Waals surface area contributed by atoms with E-state index in [-0.39, 0.29) is 5.91 Å². The predicted octanol–water partition coefficient (Wildman–Crippen LogP) is 2.82. The van der Waals surface area contributed by atoms with E-state index in [1.807, 2.05) is 4.90 Å². The lowest BCUT2D eigenvalue weighted by atomic mass is 10.2. The van der Waals surface area contributed by atoms with Gasteiger partial charge in [0.1, 0.15) is 5.69 Å². The lowest BCUT2D eigenvalue weighted by Gasteiger charge is -2.34. The van der Waals surface area contributed by atoms with Crippen LogP contribution in [0.3, 0.4) is 0 Å². The number of piperazine rings is 1. The van der Waals surface area contributed by atoms with E-state index >= 15 is 0 Å². The largest absolute Gasteiger partial charge is 0.338 e. The molecule has 0 saturated carbocycles. The molecule has 148 valence electrons. The van der Waals surface area contributed by atoms with Gasteiger partial charge >= 0.3 is 0 Å².